The first-order valence-electron chi connectivity index (χ1n) is 5.32. The summed E-state index contributed by atoms with van der Waals surface area (Å²) in [7, 11) is 1.59. The third-order valence-corrected chi connectivity index (χ3v) is 2.49. The number of aliphatic carboxylic acids is 1. The molecule has 1 amide bonds. The number of ether oxygens (including phenoxy) is 1. The van der Waals surface area contributed by atoms with Gasteiger partial charge in [-0.2, -0.15) is 0 Å². The number of amides is 1. The summed E-state index contributed by atoms with van der Waals surface area (Å²) in [6.07, 6.45) is 1.03. The molecule has 0 aromatic carbocycles. The van der Waals surface area contributed by atoms with Crippen LogP contribution >= 0.6 is 0 Å². The Balaban J connectivity index is 3.86. The van der Waals surface area contributed by atoms with Crippen LogP contribution in [0.25, 0.3) is 0 Å². The zero-order chi connectivity index (χ0) is 12.8. The van der Waals surface area contributed by atoms with E-state index in [1.165, 1.54) is 0 Å². The second-order valence-corrected chi connectivity index (χ2v) is 4.55. The summed E-state index contributed by atoms with van der Waals surface area (Å²) in [4.78, 5) is 22.1. The van der Waals surface area contributed by atoms with Gasteiger partial charge in [0.15, 0.2) is 0 Å². The van der Waals surface area contributed by atoms with Crippen molar-refractivity contribution in [2.24, 2.45) is 5.41 Å². The number of carbonyl (C=O) groups is 2. The van der Waals surface area contributed by atoms with E-state index in [2.05, 4.69) is 5.32 Å². The fraction of sp³-hybridized carbons (Fsp3) is 0.818. The van der Waals surface area contributed by atoms with E-state index < -0.39 is 11.4 Å². The minimum Gasteiger partial charge on any atom is -0.481 e. The van der Waals surface area contributed by atoms with Crippen LogP contribution in [0.15, 0.2) is 0 Å². The van der Waals surface area contributed by atoms with E-state index in [0.29, 0.717) is 12.8 Å². The van der Waals surface area contributed by atoms with Crippen molar-refractivity contribution < 1.29 is 19.4 Å². The molecule has 2 N–H and O–H groups in total. The molecule has 16 heavy (non-hydrogen) atoms. The molecule has 0 aliphatic heterocycles. The van der Waals surface area contributed by atoms with Crippen molar-refractivity contribution in [2.45, 2.75) is 39.7 Å². The summed E-state index contributed by atoms with van der Waals surface area (Å²) < 4.78 is 5.01. The van der Waals surface area contributed by atoms with Crippen LogP contribution in [0, 0.1) is 5.41 Å². The average Bonchev–Trinajstić information content (AvgIpc) is 2.22. The maximum atomic E-state index is 11.4. The molecule has 0 aliphatic carbocycles. The molecule has 1 unspecified atom stereocenters. The van der Waals surface area contributed by atoms with Gasteiger partial charge in [-0.3, -0.25) is 9.59 Å². The SMILES string of the molecule is COC(C)CCC(=O)NCC(C)(C)C(=O)O. The highest BCUT2D eigenvalue weighted by atomic mass is 16.5. The summed E-state index contributed by atoms with van der Waals surface area (Å²) in [5.74, 6) is -1.06. The molecular formula is C11H21NO4. The van der Waals surface area contributed by atoms with Gasteiger partial charge < -0.3 is 15.2 Å². The number of hydrogen-bond acceptors (Lipinski definition) is 3. The van der Waals surface area contributed by atoms with E-state index in [1.54, 1.807) is 21.0 Å². The van der Waals surface area contributed by atoms with Crippen LogP contribution in [0.1, 0.15) is 33.6 Å². The molecule has 5 heteroatoms. The highest BCUT2D eigenvalue weighted by Crippen LogP contribution is 2.13. The minimum atomic E-state index is -0.928. The molecule has 0 saturated carbocycles. The van der Waals surface area contributed by atoms with Crippen molar-refractivity contribution in [1.82, 2.24) is 5.32 Å². The summed E-state index contributed by atoms with van der Waals surface area (Å²) in [5.41, 5.74) is -0.928. The average molecular weight is 231 g/mol. The molecule has 94 valence electrons. The highest BCUT2D eigenvalue weighted by Gasteiger charge is 2.27. The lowest BCUT2D eigenvalue weighted by molar-refractivity contribution is -0.146. The Hall–Kier alpha value is -1.10. The predicted octanol–water partition coefficient (Wildman–Crippen LogP) is 1.03. The molecule has 0 radical (unpaired) electrons. The number of methoxy groups -OCH3 is 1. The second-order valence-electron chi connectivity index (χ2n) is 4.55. The molecule has 5 nitrogen and oxygen atoms in total. The van der Waals surface area contributed by atoms with Gasteiger partial charge in [-0.15, -0.1) is 0 Å². The molecule has 0 bridgehead atoms. The van der Waals surface area contributed by atoms with Gasteiger partial charge in [-0.05, 0) is 27.2 Å². The van der Waals surface area contributed by atoms with E-state index in [-0.39, 0.29) is 18.6 Å². The molecule has 0 heterocycles. The molecule has 0 aromatic rings. The Bertz CT molecular complexity index is 250. The topological polar surface area (TPSA) is 75.6 Å². The van der Waals surface area contributed by atoms with E-state index in [0.717, 1.165) is 0 Å². The first kappa shape index (κ1) is 14.9. The normalized spacial score (nSPS) is 13.2. The maximum Gasteiger partial charge on any atom is 0.310 e. The van der Waals surface area contributed by atoms with Crippen LogP contribution in [0.4, 0.5) is 0 Å². The lowest BCUT2D eigenvalue weighted by atomic mass is 9.94. The number of hydrogen-bond donors (Lipinski definition) is 2. The van der Waals surface area contributed by atoms with Crippen molar-refractivity contribution in [3.8, 4) is 0 Å². The standard InChI is InChI=1S/C11H21NO4/c1-8(16-4)5-6-9(13)12-7-11(2,3)10(14)15/h8H,5-7H2,1-4H3,(H,12,13)(H,14,15). The molecular weight excluding hydrogens is 210 g/mol. The summed E-state index contributed by atoms with van der Waals surface area (Å²) >= 11 is 0. The van der Waals surface area contributed by atoms with Crippen LogP contribution < -0.4 is 5.32 Å². The van der Waals surface area contributed by atoms with Crippen LogP contribution in [0.5, 0.6) is 0 Å². The summed E-state index contributed by atoms with van der Waals surface area (Å²) in [5, 5.41) is 11.4. The van der Waals surface area contributed by atoms with Crippen LogP contribution in [0.2, 0.25) is 0 Å². The van der Waals surface area contributed by atoms with Crippen LogP contribution in [-0.4, -0.2) is 36.7 Å². The van der Waals surface area contributed by atoms with Gasteiger partial charge in [-0.25, -0.2) is 0 Å². The summed E-state index contributed by atoms with van der Waals surface area (Å²) in [6.45, 7) is 5.18. The molecule has 0 rings (SSSR count). The monoisotopic (exact) mass is 231 g/mol. The molecule has 0 spiro atoms. The van der Waals surface area contributed by atoms with Gasteiger partial charge in [0.25, 0.3) is 0 Å². The van der Waals surface area contributed by atoms with Crippen molar-refractivity contribution in [2.75, 3.05) is 13.7 Å². The first-order chi connectivity index (χ1) is 7.29. The van der Waals surface area contributed by atoms with Crippen molar-refractivity contribution >= 4 is 11.9 Å². The lowest BCUT2D eigenvalue weighted by Crippen LogP contribution is -2.39. The van der Waals surface area contributed by atoms with E-state index in [1.807, 2.05) is 6.92 Å². The van der Waals surface area contributed by atoms with E-state index in [9.17, 15) is 9.59 Å². The minimum absolute atomic E-state index is 0.0400. The Morgan fingerprint density at radius 1 is 1.44 bits per heavy atom. The van der Waals surface area contributed by atoms with Gasteiger partial charge >= 0.3 is 5.97 Å². The molecule has 0 saturated heterocycles. The van der Waals surface area contributed by atoms with Gasteiger partial charge in [0.2, 0.25) is 5.91 Å². The Kier molecular flexibility index (Phi) is 6.03. The zero-order valence-electron chi connectivity index (χ0n) is 10.4. The van der Waals surface area contributed by atoms with Crippen molar-refractivity contribution in [1.29, 1.82) is 0 Å². The van der Waals surface area contributed by atoms with Gasteiger partial charge in [0.05, 0.1) is 11.5 Å². The van der Waals surface area contributed by atoms with Gasteiger partial charge in [0.1, 0.15) is 0 Å². The van der Waals surface area contributed by atoms with Gasteiger partial charge in [-0.1, -0.05) is 0 Å². The van der Waals surface area contributed by atoms with E-state index >= 15 is 0 Å². The lowest BCUT2D eigenvalue weighted by Gasteiger charge is -2.19. The Labute approximate surface area is 96.2 Å². The zero-order valence-corrected chi connectivity index (χ0v) is 10.4. The number of nitrogens with one attached hydrogen (secondary N) is 1. The molecule has 0 aliphatic rings. The number of carboxylic acid groups (broad SMARTS) is 1. The van der Waals surface area contributed by atoms with Gasteiger partial charge in [0, 0.05) is 20.1 Å². The molecule has 0 fully saturated rings. The Morgan fingerprint density at radius 3 is 2.44 bits per heavy atom. The number of carboxylic acids is 1. The van der Waals surface area contributed by atoms with Crippen LogP contribution in [0.3, 0.4) is 0 Å². The van der Waals surface area contributed by atoms with Crippen LogP contribution in [-0.2, 0) is 14.3 Å². The van der Waals surface area contributed by atoms with Crippen molar-refractivity contribution in [3.05, 3.63) is 0 Å². The predicted molar refractivity (Wildman–Crippen MR) is 60.1 cm³/mol. The third-order valence-electron chi connectivity index (χ3n) is 2.49. The van der Waals surface area contributed by atoms with Crippen molar-refractivity contribution in [3.63, 3.8) is 0 Å². The van der Waals surface area contributed by atoms with E-state index in [4.69, 9.17) is 9.84 Å². The smallest absolute Gasteiger partial charge is 0.310 e. The quantitative estimate of drug-likeness (QED) is 0.686. The first-order valence-corrected chi connectivity index (χ1v) is 5.32. The molecule has 0 aromatic heterocycles. The fourth-order valence-corrected chi connectivity index (χ4v) is 0.936. The summed E-state index contributed by atoms with van der Waals surface area (Å²) in [6, 6.07) is 0. The number of carbonyl (C=O) groups excluding carboxylic acids is 1. The molecule has 1 atom stereocenters. The second kappa shape index (κ2) is 6.48. The largest absolute Gasteiger partial charge is 0.481 e. The third kappa shape index (κ3) is 5.70. The number of rotatable bonds is 7. The highest BCUT2D eigenvalue weighted by molar-refractivity contribution is 5.78. The maximum absolute atomic E-state index is 11.4. The Morgan fingerprint density at radius 2 is 2.00 bits per heavy atom. The fourth-order valence-electron chi connectivity index (χ4n) is 0.936.